The molecule has 2 rings (SSSR count). The van der Waals surface area contributed by atoms with E-state index in [1.165, 1.54) is 36.4 Å². The van der Waals surface area contributed by atoms with Gasteiger partial charge in [-0.3, -0.25) is 29.2 Å². The number of nitrogens with zero attached hydrogens (tertiary/aromatic N) is 2. The van der Waals surface area contributed by atoms with Crippen LogP contribution >= 0.6 is 0 Å². The minimum absolute atomic E-state index is 0.0667. The Hall–Kier alpha value is -5.58. The van der Waals surface area contributed by atoms with Crippen molar-refractivity contribution < 1.29 is 58.8 Å². The molecule has 4 amide bonds. The van der Waals surface area contributed by atoms with Gasteiger partial charge in [-0.25, -0.2) is 19.6 Å². The number of carboxylic acid groups (broad SMARTS) is 3. The Balaban J connectivity index is 2.23. The molecule has 17 heteroatoms. The molecule has 1 aromatic carbocycles. The first-order chi connectivity index (χ1) is 22.8. The van der Waals surface area contributed by atoms with Crippen LogP contribution in [0.1, 0.15) is 73.2 Å². The zero-order valence-electron chi connectivity index (χ0n) is 26.4. The molecule has 2 aromatic rings. The first kappa shape index (κ1) is 38.6. The fourth-order valence-electron chi connectivity index (χ4n) is 4.74. The smallest absolute Gasteiger partial charge is 0.341 e. The van der Waals surface area contributed by atoms with Crippen molar-refractivity contribution in [1.29, 1.82) is 0 Å². The number of rotatable bonds is 21. The molecule has 1 heterocycles. The van der Waals surface area contributed by atoms with Crippen molar-refractivity contribution in [3.8, 4) is 17.0 Å². The summed E-state index contributed by atoms with van der Waals surface area (Å²) in [5, 5.41) is 45.0. The normalized spacial score (nSPS) is 12.5. The number of unbranched alkanes of at least 4 members (excludes halogenated alkanes) is 2. The molecule has 0 spiro atoms. The third kappa shape index (κ3) is 11.7. The number of carboxylic acids is 3. The lowest BCUT2D eigenvalue weighted by Crippen LogP contribution is -2.47. The molecule has 17 nitrogen and oxygen atoms in total. The fourth-order valence-corrected chi connectivity index (χ4v) is 4.74. The van der Waals surface area contributed by atoms with Gasteiger partial charge in [0.05, 0.1) is 36.3 Å². The third-order valence-corrected chi connectivity index (χ3v) is 7.13. The Kier molecular flexibility index (Phi) is 15.4. The lowest BCUT2D eigenvalue weighted by molar-refractivity contribution is -0.168. The second-order valence-corrected chi connectivity index (χ2v) is 10.6. The molecule has 1 aromatic heterocycles. The van der Waals surface area contributed by atoms with E-state index in [0.717, 1.165) is 12.8 Å². The number of carbonyl (C=O) groups excluding carboxylic acids is 4. The number of carbonyl (C=O) groups is 7. The minimum atomic E-state index is -1.77. The molecular weight excluding hydrogens is 634 g/mol. The molecule has 0 aliphatic rings. The Bertz CT molecular complexity index is 1480. The maximum atomic E-state index is 13.0. The van der Waals surface area contributed by atoms with Crippen LogP contribution in [-0.4, -0.2) is 98.0 Å². The molecule has 0 bridgehead atoms. The number of benzene rings is 1. The minimum Gasteiger partial charge on any atom is -0.481 e. The molecule has 48 heavy (non-hydrogen) atoms. The monoisotopic (exact) mass is 673 g/mol. The van der Waals surface area contributed by atoms with Crippen LogP contribution in [0.25, 0.3) is 11.3 Å². The molecule has 0 fully saturated rings. The predicted molar refractivity (Wildman–Crippen MR) is 166 cm³/mol. The molecule has 0 aliphatic carbocycles. The van der Waals surface area contributed by atoms with Gasteiger partial charge in [0.15, 0.2) is 6.61 Å². The van der Waals surface area contributed by atoms with E-state index in [9.17, 15) is 43.9 Å². The summed E-state index contributed by atoms with van der Waals surface area (Å²) in [7, 11) is 0. The summed E-state index contributed by atoms with van der Waals surface area (Å²) in [6.45, 7) is 2.58. The lowest BCUT2D eigenvalue weighted by atomic mass is 9.90. The van der Waals surface area contributed by atoms with Crippen LogP contribution in [0.4, 0.5) is 0 Å². The Labute approximate surface area is 275 Å². The molecule has 260 valence electrons. The number of amides is 4. The summed E-state index contributed by atoms with van der Waals surface area (Å²) in [5.41, 5.74) is 0.131. The van der Waals surface area contributed by atoms with Crippen molar-refractivity contribution in [1.82, 2.24) is 26.0 Å². The molecule has 7 N–H and O–H groups in total. The van der Waals surface area contributed by atoms with E-state index in [2.05, 4.69) is 20.9 Å². The second kappa shape index (κ2) is 19.2. The second-order valence-electron chi connectivity index (χ2n) is 10.6. The number of nitrogens with one attached hydrogen (secondary N) is 3. The molecule has 0 aliphatic heterocycles. The lowest BCUT2D eigenvalue weighted by Gasteiger charge is -2.29. The summed E-state index contributed by atoms with van der Waals surface area (Å²) >= 11 is 0. The van der Waals surface area contributed by atoms with Gasteiger partial charge in [-0.1, -0.05) is 45.2 Å². The van der Waals surface area contributed by atoms with Crippen LogP contribution < -0.4 is 20.7 Å². The maximum Gasteiger partial charge on any atom is 0.341 e. The molecule has 0 unspecified atom stereocenters. The van der Waals surface area contributed by atoms with Crippen LogP contribution in [0.15, 0.2) is 36.4 Å². The van der Waals surface area contributed by atoms with Crippen molar-refractivity contribution >= 4 is 42.0 Å². The number of hydrogen-bond donors (Lipinski definition) is 7. The highest BCUT2D eigenvalue weighted by molar-refractivity contribution is 6.00. The van der Waals surface area contributed by atoms with Gasteiger partial charge < -0.3 is 36.0 Å². The Morgan fingerprint density at radius 1 is 0.958 bits per heavy atom. The van der Waals surface area contributed by atoms with E-state index < -0.39 is 66.7 Å². The van der Waals surface area contributed by atoms with Gasteiger partial charge in [0, 0.05) is 5.56 Å². The third-order valence-electron chi connectivity index (χ3n) is 7.13. The van der Waals surface area contributed by atoms with Crippen molar-refractivity contribution in [2.45, 2.75) is 64.5 Å². The Morgan fingerprint density at radius 2 is 1.69 bits per heavy atom. The van der Waals surface area contributed by atoms with Crippen molar-refractivity contribution in [3.63, 3.8) is 0 Å². The van der Waals surface area contributed by atoms with Gasteiger partial charge in [0.1, 0.15) is 17.5 Å². The SMILES string of the molecule is CCCCC[C@@H](C(=O)NCNC(=O)c1cccc(-c2ccc(C(=O)N[C@@H](CC(=O)O)C(=O)O)c(OCC(=O)O)c2)n1)[C@@H](CC)N(O)C=O. The number of pyridine rings is 1. The van der Waals surface area contributed by atoms with Crippen LogP contribution in [0.5, 0.6) is 5.75 Å². The molecule has 0 saturated carbocycles. The Morgan fingerprint density at radius 3 is 2.29 bits per heavy atom. The highest BCUT2D eigenvalue weighted by atomic mass is 16.5. The molecule has 0 radical (unpaired) electrons. The van der Waals surface area contributed by atoms with Crippen LogP contribution in [-0.2, 0) is 24.0 Å². The standard InChI is InChI=1S/C31H39N5O12/c1-3-5-6-8-19(24(4-2)36(47)17-37)28(42)32-16-33-30(44)22-10-7-9-21(34-22)18-11-12-20(25(13-18)48-15-27(40)41)29(43)35-23(31(45)46)14-26(38)39/h7,9-13,17,19,23-24,47H,3-6,8,14-16H2,1-2H3,(H,32,42)(H,33,44)(H,35,43)(H,38,39)(H,40,41)(H,45,46)/t19-,23+,24-/m1/s1. The molecule has 3 atom stereocenters. The average Bonchev–Trinajstić information content (AvgIpc) is 3.05. The van der Waals surface area contributed by atoms with Gasteiger partial charge >= 0.3 is 17.9 Å². The topological polar surface area (TPSA) is 262 Å². The largest absolute Gasteiger partial charge is 0.481 e. The van der Waals surface area contributed by atoms with Gasteiger partial charge in [-0.15, -0.1) is 0 Å². The van der Waals surface area contributed by atoms with E-state index in [1.54, 1.807) is 6.92 Å². The summed E-state index contributed by atoms with van der Waals surface area (Å²) in [5.74, 6) is -7.60. The van der Waals surface area contributed by atoms with Crippen molar-refractivity contribution in [2.75, 3.05) is 13.3 Å². The summed E-state index contributed by atoms with van der Waals surface area (Å²) < 4.78 is 5.25. The van der Waals surface area contributed by atoms with Crippen LogP contribution in [0.2, 0.25) is 0 Å². The van der Waals surface area contributed by atoms with Gasteiger partial charge in [0.2, 0.25) is 12.3 Å². The zero-order valence-corrected chi connectivity index (χ0v) is 26.4. The highest BCUT2D eigenvalue weighted by Gasteiger charge is 2.31. The number of ether oxygens (including phenoxy) is 1. The number of aliphatic carboxylic acids is 3. The highest BCUT2D eigenvalue weighted by Crippen LogP contribution is 2.27. The summed E-state index contributed by atoms with van der Waals surface area (Å²) in [6, 6.07) is 5.72. The number of hydrogen-bond acceptors (Lipinski definition) is 10. The van der Waals surface area contributed by atoms with Crippen LogP contribution in [0.3, 0.4) is 0 Å². The zero-order chi connectivity index (χ0) is 35.8. The molecule has 0 saturated heterocycles. The van der Waals surface area contributed by atoms with Gasteiger partial charge in [0.25, 0.3) is 11.8 Å². The van der Waals surface area contributed by atoms with Crippen molar-refractivity contribution in [3.05, 3.63) is 47.7 Å². The fraction of sp³-hybridized carbons (Fsp3) is 0.419. The van der Waals surface area contributed by atoms with E-state index >= 15 is 0 Å². The van der Waals surface area contributed by atoms with E-state index in [1.807, 2.05) is 6.92 Å². The first-order valence-corrected chi connectivity index (χ1v) is 15.0. The quantitative estimate of drug-likeness (QED) is 0.0326. The average molecular weight is 674 g/mol. The summed E-state index contributed by atoms with van der Waals surface area (Å²) in [6.07, 6.45) is 2.53. The number of aromatic nitrogens is 1. The van der Waals surface area contributed by atoms with E-state index in [0.29, 0.717) is 24.3 Å². The van der Waals surface area contributed by atoms with Crippen LogP contribution in [0, 0.1) is 5.92 Å². The predicted octanol–water partition coefficient (Wildman–Crippen LogP) is 1.50. The first-order valence-electron chi connectivity index (χ1n) is 15.0. The van der Waals surface area contributed by atoms with Gasteiger partial charge in [-0.05, 0) is 37.1 Å². The van der Waals surface area contributed by atoms with Crippen molar-refractivity contribution in [2.24, 2.45) is 5.92 Å². The van der Waals surface area contributed by atoms with Gasteiger partial charge in [-0.2, -0.15) is 0 Å². The molecular formula is C31H39N5O12. The number of hydroxylamine groups is 2. The van der Waals surface area contributed by atoms with E-state index in [4.69, 9.17) is 14.9 Å². The maximum absolute atomic E-state index is 13.0. The van der Waals surface area contributed by atoms with E-state index in [-0.39, 0.29) is 41.3 Å². The summed E-state index contributed by atoms with van der Waals surface area (Å²) in [4.78, 5) is 87.8.